The Labute approximate surface area is 136 Å². The second kappa shape index (κ2) is 7.23. The van der Waals surface area contributed by atoms with E-state index in [4.69, 9.17) is 17.0 Å². The van der Waals surface area contributed by atoms with Gasteiger partial charge in [0.1, 0.15) is 0 Å². The lowest BCUT2D eigenvalue weighted by molar-refractivity contribution is 1.04. The highest BCUT2D eigenvalue weighted by Gasteiger charge is 2.15. The Morgan fingerprint density at radius 2 is 1.77 bits per heavy atom. The van der Waals surface area contributed by atoms with Crippen LogP contribution in [0.1, 0.15) is 25.0 Å². The summed E-state index contributed by atoms with van der Waals surface area (Å²) in [5.41, 5.74) is 3.20. The first-order valence-corrected chi connectivity index (χ1v) is 7.61. The Morgan fingerprint density at radius 3 is 2.36 bits per heavy atom. The zero-order chi connectivity index (χ0) is 16.1. The van der Waals surface area contributed by atoms with Gasteiger partial charge < -0.3 is 4.90 Å². The standard InChI is InChI=1S/C18H20ClN3/c1-4-22(13(2)21-3)17-8-6-5-7-16(17)18(20)14-9-11-15(19)12-10-14/h5-12,20H,4H2,1-3H3. The molecule has 0 heterocycles. The van der Waals surface area contributed by atoms with E-state index in [9.17, 15) is 0 Å². The van der Waals surface area contributed by atoms with E-state index >= 15 is 0 Å². The predicted molar refractivity (Wildman–Crippen MR) is 95.9 cm³/mol. The lowest BCUT2D eigenvalue weighted by Gasteiger charge is -2.25. The van der Waals surface area contributed by atoms with Gasteiger partial charge in [-0.25, -0.2) is 0 Å². The lowest BCUT2D eigenvalue weighted by Crippen LogP contribution is -2.29. The van der Waals surface area contributed by atoms with Crippen LogP contribution in [-0.2, 0) is 0 Å². The topological polar surface area (TPSA) is 39.5 Å². The molecule has 0 atom stereocenters. The van der Waals surface area contributed by atoms with E-state index in [0.717, 1.165) is 29.2 Å². The summed E-state index contributed by atoms with van der Waals surface area (Å²) in [6.07, 6.45) is 0. The van der Waals surface area contributed by atoms with Crippen molar-refractivity contribution in [1.29, 1.82) is 5.41 Å². The van der Waals surface area contributed by atoms with Gasteiger partial charge in [-0.3, -0.25) is 10.4 Å². The maximum atomic E-state index is 8.54. The van der Waals surface area contributed by atoms with E-state index in [1.807, 2.05) is 55.5 Å². The molecule has 114 valence electrons. The number of amidine groups is 1. The fraction of sp³-hybridized carbons (Fsp3) is 0.222. The molecule has 0 radical (unpaired) electrons. The summed E-state index contributed by atoms with van der Waals surface area (Å²) >= 11 is 5.93. The summed E-state index contributed by atoms with van der Waals surface area (Å²) in [5, 5.41) is 9.21. The van der Waals surface area contributed by atoms with Crippen molar-refractivity contribution in [3.8, 4) is 0 Å². The average Bonchev–Trinajstić information content (AvgIpc) is 2.56. The van der Waals surface area contributed by atoms with E-state index < -0.39 is 0 Å². The molecule has 0 saturated heterocycles. The van der Waals surface area contributed by atoms with Gasteiger partial charge in [-0.1, -0.05) is 41.9 Å². The van der Waals surface area contributed by atoms with Crippen molar-refractivity contribution >= 4 is 28.8 Å². The van der Waals surface area contributed by atoms with Crippen LogP contribution in [0.3, 0.4) is 0 Å². The normalized spacial score (nSPS) is 11.4. The highest BCUT2D eigenvalue weighted by Crippen LogP contribution is 2.24. The van der Waals surface area contributed by atoms with E-state index in [2.05, 4.69) is 16.8 Å². The molecule has 0 spiro atoms. The third kappa shape index (κ3) is 3.37. The summed E-state index contributed by atoms with van der Waals surface area (Å²) in [7, 11) is 1.78. The van der Waals surface area contributed by atoms with Gasteiger partial charge >= 0.3 is 0 Å². The molecule has 0 aliphatic heterocycles. The molecule has 0 amide bonds. The van der Waals surface area contributed by atoms with Crippen molar-refractivity contribution in [2.45, 2.75) is 13.8 Å². The molecule has 4 heteroatoms. The summed E-state index contributed by atoms with van der Waals surface area (Å²) in [4.78, 5) is 6.39. The Balaban J connectivity index is 2.48. The molecular formula is C18H20ClN3. The minimum Gasteiger partial charge on any atom is -0.330 e. The number of rotatable bonds is 4. The average molecular weight is 314 g/mol. The van der Waals surface area contributed by atoms with Crippen molar-refractivity contribution in [1.82, 2.24) is 0 Å². The van der Waals surface area contributed by atoms with Crippen molar-refractivity contribution in [2.75, 3.05) is 18.5 Å². The largest absolute Gasteiger partial charge is 0.330 e. The highest BCUT2D eigenvalue weighted by atomic mass is 35.5. The van der Waals surface area contributed by atoms with Crippen LogP contribution in [0.25, 0.3) is 0 Å². The number of nitrogens with zero attached hydrogens (tertiary/aromatic N) is 2. The van der Waals surface area contributed by atoms with Gasteiger partial charge in [0, 0.05) is 29.7 Å². The van der Waals surface area contributed by atoms with Crippen molar-refractivity contribution in [2.24, 2.45) is 4.99 Å². The fourth-order valence-corrected chi connectivity index (χ4v) is 2.51. The van der Waals surface area contributed by atoms with E-state index in [-0.39, 0.29) is 0 Å². The molecule has 22 heavy (non-hydrogen) atoms. The quantitative estimate of drug-likeness (QED) is 0.648. The van der Waals surface area contributed by atoms with Crippen LogP contribution in [0.2, 0.25) is 5.02 Å². The maximum absolute atomic E-state index is 8.54. The number of halogens is 1. The molecule has 0 fully saturated rings. The maximum Gasteiger partial charge on any atom is 0.0998 e. The SMILES string of the molecule is CCN(C(C)=NC)c1ccccc1C(=N)c1ccc(Cl)cc1. The van der Waals surface area contributed by atoms with Crippen molar-refractivity contribution < 1.29 is 0 Å². The van der Waals surface area contributed by atoms with Crippen LogP contribution in [0, 0.1) is 5.41 Å². The van der Waals surface area contributed by atoms with E-state index in [1.165, 1.54) is 0 Å². The highest BCUT2D eigenvalue weighted by molar-refractivity contribution is 6.30. The van der Waals surface area contributed by atoms with Crippen LogP contribution in [0.5, 0.6) is 0 Å². The van der Waals surface area contributed by atoms with E-state index in [0.29, 0.717) is 10.7 Å². The number of aliphatic imine (C=N–C) groups is 1. The van der Waals surface area contributed by atoms with Crippen LogP contribution < -0.4 is 4.90 Å². The fourth-order valence-electron chi connectivity index (χ4n) is 2.39. The van der Waals surface area contributed by atoms with Crippen molar-refractivity contribution in [3.63, 3.8) is 0 Å². The number of hydrogen-bond acceptors (Lipinski definition) is 2. The molecule has 1 N–H and O–H groups in total. The van der Waals surface area contributed by atoms with Gasteiger partial charge in [0.2, 0.25) is 0 Å². The Bertz CT molecular complexity index is 690. The first-order valence-electron chi connectivity index (χ1n) is 7.23. The zero-order valence-electron chi connectivity index (χ0n) is 13.1. The minimum atomic E-state index is 0.481. The first kappa shape index (κ1) is 16.2. The van der Waals surface area contributed by atoms with Gasteiger partial charge in [0.15, 0.2) is 0 Å². The van der Waals surface area contributed by atoms with Gasteiger partial charge in [0.25, 0.3) is 0 Å². The third-order valence-electron chi connectivity index (χ3n) is 3.63. The molecular weight excluding hydrogens is 294 g/mol. The monoisotopic (exact) mass is 313 g/mol. The molecule has 0 unspecified atom stereocenters. The van der Waals surface area contributed by atoms with Gasteiger partial charge in [-0.05, 0) is 32.0 Å². The molecule has 0 saturated carbocycles. The molecule has 2 rings (SSSR count). The van der Waals surface area contributed by atoms with Gasteiger partial charge in [-0.2, -0.15) is 0 Å². The summed E-state index contributed by atoms with van der Waals surface area (Å²) in [5.74, 6) is 0.929. The van der Waals surface area contributed by atoms with Crippen LogP contribution in [0.4, 0.5) is 5.69 Å². The molecule has 2 aromatic rings. The Hall–Kier alpha value is -2.13. The number of benzene rings is 2. The third-order valence-corrected chi connectivity index (χ3v) is 3.88. The van der Waals surface area contributed by atoms with Gasteiger partial charge in [-0.15, -0.1) is 0 Å². The number of anilines is 1. The molecule has 3 nitrogen and oxygen atoms in total. The van der Waals surface area contributed by atoms with Crippen LogP contribution in [-0.4, -0.2) is 25.1 Å². The molecule has 0 aromatic heterocycles. The molecule has 0 aliphatic carbocycles. The first-order chi connectivity index (χ1) is 10.6. The minimum absolute atomic E-state index is 0.481. The second-order valence-corrected chi connectivity index (χ2v) is 5.35. The summed E-state index contributed by atoms with van der Waals surface area (Å²) < 4.78 is 0. The van der Waals surface area contributed by atoms with Gasteiger partial charge in [0.05, 0.1) is 17.2 Å². The Morgan fingerprint density at radius 1 is 1.14 bits per heavy atom. The lowest BCUT2D eigenvalue weighted by atomic mass is 10.00. The summed E-state index contributed by atoms with van der Waals surface area (Å²) in [6.45, 7) is 4.86. The molecule has 2 aromatic carbocycles. The van der Waals surface area contributed by atoms with E-state index in [1.54, 1.807) is 7.05 Å². The summed E-state index contributed by atoms with van der Waals surface area (Å²) in [6, 6.07) is 15.3. The second-order valence-electron chi connectivity index (χ2n) is 4.91. The molecule has 0 aliphatic rings. The van der Waals surface area contributed by atoms with Crippen LogP contribution >= 0.6 is 11.6 Å². The smallest absolute Gasteiger partial charge is 0.0998 e. The predicted octanol–water partition coefficient (Wildman–Crippen LogP) is 4.63. The number of hydrogen-bond donors (Lipinski definition) is 1. The van der Waals surface area contributed by atoms with Crippen LogP contribution in [0.15, 0.2) is 53.5 Å². The number of nitrogens with one attached hydrogen (secondary N) is 1. The van der Waals surface area contributed by atoms with Crippen molar-refractivity contribution in [3.05, 3.63) is 64.7 Å². The Kier molecular flexibility index (Phi) is 5.34. The zero-order valence-corrected chi connectivity index (χ0v) is 13.9. The number of para-hydroxylation sites is 1. The molecule has 0 bridgehead atoms.